The van der Waals surface area contributed by atoms with Crippen molar-refractivity contribution in [3.63, 3.8) is 0 Å². The van der Waals surface area contributed by atoms with Crippen LogP contribution in [0.1, 0.15) is 45.2 Å². The number of rotatable bonds is 12. The van der Waals surface area contributed by atoms with Crippen LogP contribution in [0.2, 0.25) is 0 Å². The Hall–Kier alpha value is -5.06. The number of hydrogen-bond donors (Lipinski definition) is 5. The number of nitrogens with one attached hydrogen (secondary N) is 4. The number of para-hydroxylation sites is 1. The van der Waals surface area contributed by atoms with Gasteiger partial charge >= 0.3 is 12.0 Å². The Kier molecular flexibility index (Phi) is 13.3. The van der Waals surface area contributed by atoms with Gasteiger partial charge in [-0.1, -0.05) is 45.0 Å². The summed E-state index contributed by atoms with van der Waals surface area (Å²) in [5, 5.41) is 20.2. The molecule has 224 valence electrons. The zero-order valence-electron chi connectivity index (χ0n) is 24.4. The molecule has 3 aromatic rings. The Morgan fingerprint density at radius 2 is 1.29 bits per heavy atom. The highest BCUT2D eigenvalue weighted by atomic mass is 16.5. The smallest absolute Gasteiger partial charge is 0.323 e. The van der Waals surface area contributed by atoms with Crippen LogP contribution in [0.25, 0.3) is 0 Å². The number of ether oxygens (including phenoxy) is 2. The molecule has 42 heavy (non-hydrogen) atoms. The number of amides is 4. The number of urea groups is 1. The molecule has 1 unspecified atom stereocenters. The first kappa shape index (κ1) is 33.1. The average Bonchev–Trinajstić information content (AvgIpc) is 2.98. The molecule has 0 aliphatic rings. The Bertz CT molecular complexity index is 1330. The second-order valence-corrected chi connectivity index (χ2v) is 8.95. The first-order valence-electron chi connectivity index (χ1n) is 13.5. The molecular weight excluding hydrogens is 540 g/mol. The predicted molar refractivity (Wildman–Crippen MR) is 162 cm³/mol. The van der Waals surface area contributed by atoms with E-state index >= 15 is 0 Å². The zero-order valence-corrected chi connectivity index (χ0v) is 24.4. The first-order valence-corrected chi connectivity index (χ1v) is 13.5. The number of benzene rings is 3. The van der Waals surface area contributed by atoms with Gasteiger partial charge in [-0.3, -0.25) is 14.4 Å². The molecule has 11 heteroatoms. The number of methoxy groups -OCH3 is 2. The van der Waals surface area contributed by atoms with Gasteiger partial charge in [0.25, 0.3) is 0 Å². The lowest BCUT2D eigenvalue weighted by molar-refractivity contribution is -0.138. The topological polar surface area (TPSA) is 155 Å². The second-order valence-electron chi connectivity index (χ2n) is 8.95. The summed E-state index contributed by atoms with van der Waals surface area (Å²) in [4.78, 5) is 49.1. The van der Waals surface area contributed by atoms with Crippen LogP contribution in [0.15, 0.2) is 72.8 Å². The number of aliphatic carboxylic acids is 1. The molecule has 0 aliphatic carbocycles. The fourth-order valence-electron chi connectivity index (χ4n) is 3.85. The summed E-state index contributed by atoms with van der Waals surface area (Å²) in [6.07, 6.45) is -0.485. The molecule has 0 saturated heterocycles. The van der Waals surface area contributed by atoms with Crippen LogP contribution in [-0.4, -0.2) is 43.1 Å². The minimum Gasteiger partial charge on any atom is -0.493 e. The van der Waals surface area contributed by atoms with Crippen LogP contribution < -0.4 is 30.7 Å². The molecule has 3 aromatic carbocycles. The number of carboxylic acids is 1. The molecular formula is C31H38N4O7. The Morgan fingerprint density at radius 1 is 0.738 bits per heavy atom. The van der Waals surface area contributed by atoms with E-state index in [9.17, 15) is 24.3 Å². The Balaban J connectivity index is 0.00000301. The summed E-state index contributed by atoms with van der Waals surface area (Å²) in [7, 11) is 2.94. The number of hydrogen-bond acceptors (Lipinski definition) is 6. The zero-order chi connectivity index (χ0) is 31.1. The van der Waals surface area contributed by atoms with Gasteiger partial charge in [0.05, 0.1) is 26.7 Å². The summed E-state index contributed by atoms with van der Waals surface area (Å²) >= 11 is 0. The minimum atomic E-state index is -1.10. The lowest BCUT2D eigenvalue weighted by Gasteiger charge is -2.21. The number of carbonyl (C=O) groups is 4. The van der Waals surface area contributed by atoms with Crippen LogP contribution in [0.3, 0.4) is 0 Å². The summed E-state index contributed by atoms with van der Waals surface area (Å²) in [6.45, 7) is 5.58. The van der Waals surface area contributed by atoms with Crippen molar-refractivity contribution < 1.29 is 33.8 Å². The highest BCUT2D eigenvalue weighted by molar-refractivity contribution is 6.00. The third-order valence-electron chi connectivity index (χ3n) is 5.90. The van der Waals surface area contributed by atoms with Gasteiger partial charge in [0, 0.05) is 29.4 Å². The number of carboxylic acid groups (broad SMARTS) is 1. The van der Waals surface area contributed by atoms with Gasteiger partial charge in [-0.25, -0.2) is 4.79 Å². The third kappa shape index (κ3) is 10.5. The summed E-state index contributed by atoms with van der Waals surface area (Å²) in [5.74, 6) is -1.84. The van der Waals surface area contributed by atoms with Crippen molar-refractivity contribution in [3.8, 4) is 11.5 Å². The maximum atomic E-state index is 12.9. The van der Waals surface area contributed by atoms with Gasteiger partial charge in [0.2, 0.25) is 11.8 Å². The summed E-state index contributed by atoms with van der Waals surface area (Å²) in [6, 6.07) is 19.2. The third-order valence-corrected chi connectivity index (χ3v) is 5.90. The number of anilines is 3. The molecule has 0 saturated carbocycles. The van der Waals surface area contributed by atoms with E-state index in [2.05, 4.69) is 21.3 Å². The minimum absolute atomic E-state index is 0.128. The van der Waals surface area contributed by atoms with E-state index in [1.54, 1.807) is 61.5 Å². The Morgan fingerprint density at radius 3 is 1.83 bits per heavy atom. The first-order chi connectivity index (χ1) is 20.2. The quantitative estimate of drug-likeness (QED) is 0.185. The predicted octanol–water partition coefficient (Wildman–Crippen LogP) is 5.67. The maximum Gasteiger partial charge on any atom is 0.323 e. The normalized spacial score (nSPS) is 11.5. The molecule has 0 heterocycles. The highest BCUT2D eigenvalue weighted by Gasteiger charge is 2.24. The van der Waals surface area contributed by atoms with Gasteiger partial charge < -0.3 is 35.8 Å². The van der Waals surface area contributed by atoms with Crippen molar-refractivity contribution in [2.75, 3.05) is 30.2 Å². The van der Waals surface area contributed by atoms with E-state index in [4.69, 9.17) is 9.47 Å². The van der Waals surface area contributed by atoms with Crippen molar-refractivity contribution >= 4 is 40.9 Å². The van der Waals surface area contributed by atoms with Crippen LogP contribution >= 0.6 is 0 Å². The average molecular weight is 579 g/mol. The van der Waals surface area contributed by atoms with Crippen LogP contribution in [0, 0.1) is 5.92 Å². The van der Waals surface area contributed by atoms with E-state index in [0.29, 0.717) is 34.1 Å². The fourth-order valence-corrected chi connectivity index (χ4v) is 3.85. The maximum absolute atomic E-state index is 12.9. The molecule has 0 aliphatic heterocycles. The molecule has 0 bridgehead atoms. The molecule has 0 fully saturated rings. The fraction of sp³-hybridized carbons (Fsp3) is 0.290. The van der Waals surface area contributed by atoms with E-state index in [-0.39, 0.29) is 12.8 Å². The lowest BCUT2D eigenvalue weighted by atomic mass is 10.0. The monoisotopic (exact) mass is 578 g/mol. The van der Waals surface area contributed by atoms with Crippen LogP contribution in [-0.2, 0) is 14.4 Å². The van der Waals surface area contributed by atoms with E-state index in [1.807, 2.05) is 32.0 Å². The van der Waals surface area contributed by atoms with Crippen molar-refractivity contribution in [1.82, 2.24) is 5.32 Å². The summed E-state index contributed by atoms with van der Waals surface area (Å²) in [5.41, 5.74) is 2.19. The van der Waals surface area contributed by atoms with Gasteiger partial charge in [0.1, 0.15) is 0 Å². The SMILES string of the molecule is CC.COc1ccc([C@H](CC(=O)O)NC(=O)C(C)CC(=O)Nc2ccc(NC(=O)Nc3ccccc3)cc2)cc1OC. The lowest BCUT2D eigenvalue weighted by Crippen LogP contribution is -2.35. The Labute approximate surface area is 245 Å². The molecule has 5 N–H and O–H groups in total. The molecule has 0 aromatic heterocycles. The van der Waals surface area contributed by atoms with Gasteiger partial charge in [0.15, 0.2) is 11.5 Å². The van der Waals surface area contributed by atoms with Crippen molar-refractivity contribution in [1.29, 1.82) is 0 Å². The molecule has 11 nitrogen and oxygen atoms in total. The van der Waals surface area contributed by atoms with E-state index < -0.39 is 35.8 Å². The highest BCUT2D eigenvalue weighted by Crippen LogP contribution is 2.31. The van der Waals surface area contributed by atoms with Gasteiger partial charge in [-0.05, 0) is 54.1 Å². The van der Waals surface area contributed by atoms with E-state index in [0.717, 1.165) is 0 Å². The number of carbonyl (C=O) groups excluding carboxylic acids is 3. The summed E-state index contributed by atoms with van der Waals surface area (Å²) < 4.78 is 10.5. The van der Waals surface area contributed by atoms with Crippen LogP contribution in [0.5, 0.6) is 11.5 Å². The van der Waals surface area contributed by atoms with E-state index in [1.165, 1.54) is 14.2 Å². The van der Waals surface area contributed by atoms with Crippen molar-refractivity contribution in [2.45, 2.75) is 39.7 Å². The second kappa shape index (κ2) is 16.9. The molecule has 0 spiro atoms. The van der Waals surface area contributed by atoms with Crippen molar-refractivity contribution in [3.05, 3.63) is 78.4 Å². The molecule has 0 radical (unpaired) electrons. The largest absolute Gasteiger partial charge is 0.493 e. The molecule has 3 rings (SSSR count). The van der Waals surface area contributed by atoms with Gasteiger partial charge in [-0.2, -0.15) is 0 Å². The van der Waals surface area contributed by atoms with Crippen LogP contribution in [0.4, 0.5) is 21.9 Å². The molecule has 2 atom stereocenters. The van der Waals surface area contributed by atoms with Crippen molar-refractivity contribution in [2.24, 2.45) is 5.92 Å². The molecule has 4 amide bonds. The standard InChI is InChI=1S/C29H32N4O7.C2H6/c1-18(28(37)33-23(17-27(35)36)19-9-14-24(39-2)25(16-19)40-3)15-26(34)30-21-10-12-22(13-11-21)32-29(38)31-20-7-5-4-6-8-20;1-2/h4-14,16,18,23H,15,17H2,1-3H3,(H,30,34)(H,33,37)(H,35,36)(H2,31,32,38);1-2H3/t18?,23-;/m0./s1. The van der Waals surface area contributed by atoms with Gasteiger partial charge in [-0.15, -0.1) is 0 Å².